The fraction of sp³-hybridized carbons (Fsp3) is 0.333. The molecule has 1 atom stereocenters. The first-order chi connectivity index (χ1) is 9.54. The van der Waals surface area contributed by atoms with E-state index in [0.29, 0.717) is 17.3 Å². The molecule has 0 aliphatic rings. The predicted octanol–water partition coefficient (Wildman–Crippen LogP) is 1.66. The molecule has 8 heteroatoms. The molecule has 7 nitrogen and oxygen atoms in total. The van der Waals surface area contributed by atoms with Crippen molar-refractivity contribution in [3.63, 3.8) is 0 Å². The van der Waals surface area contributed by atoms with Gasteiger partial charge in [-0.2, -0.15) is 5.10 Å². The van der Waals surface area contributed by atoms with Crippen LogP contribution in [-0.4, -0.2) is 24.6 Å². The maximum Gasteiger partial charge on any atom is 0.349 e. The van der Waals surface area contributed by atoms with Crippen LogP contribution in [0, 0.1) is 13.8 Å². The third kappa shape index (κ3) is 2.18. The summed E-state index contributed by atoms with van der Waals surface area (Å²) in [6.45, 7) is 5.82. The minimum Gasteiger partial charge on any atom is -0.361 e. The standard InChI is InChI=1S/C12H14N6OS/c1-6-5-13-11(20-6)7(2)14-9-4-10-16-17-12(19)18(10)8(3)15-9/h4-5,7,14H,1-3H3,(H,17,19). The van der Waals surface area contributed by atoms with Crippen molar-refractivity contribution in [2.24, 2.45) is 0 Å². The third-order valence-corrected chi connectivity index (χ3v) is 4.04. The van der Waals surface area contributed by atoms with Gasteiger partial charge in [0.2, 0.25) is 0 Å². The molecule has 1 unspecified atom stereocenters. The highest BCUT2D eigenvalue weighted by atomic mass is 32.1. The highest BCUT2D eigenvalue weighted by molar-refractivity contribution is 7.11. The second-order valence-corrected chi connectivity index (χ2v) is 5.85. The van der Waals surface area contributed by atoms with Crippen LogP contribution < -0.4 is 11.0 Å². The van der Waals surface area contributed by atoms with Gasteiger partial charge in [-0.3, -0.25) is 0 Å². The first kappa shape index (κ1) is 12.8. The normalized spacial score (nSPS) is 12.8. The molecule has 3 rings (SSSR count). The van der Waals surface area contributed by atoms with E-state index >= 15 is 0 Å². The maximum absolute atomic E-state index is 11.5. The van der Waals surface area contributed by atoms with Gasteiger partial charge in [0, 0.05) is 17.1 Å². The van der Waals surface area contributed by atoms with Crippen LogP contribution in [0.3, 0.4) is 0 Å². The largest absolute Gasteiger partial charge is 0.361 e. The number of thiazole rings is 1. The van der Waals surface area contributed by atoms with Crippen molar-refractivity contribution in [1.29, 1.82) is 0 Å². The Bertz CT molecular complexity index is 817. The third-order valence-electron chi connectivity index (χ3n) is 2.94. The van der Waals surface area contributed by atoms with Crippen molar-refractivity contribution in [3.8, 4) is 0 Å². The lowest BCUT2D eigenvalue weighted by atomic mass is 10.3. The Labute approximate surface area is 118 Å². The Hall–Kier alpha value is -2.22. The molecule has 0 fully saturated rings. The van der Waals surface area contributed by atoms with Crippen molar-refractivity contribution in [2.75, 3.05) is 5.32 Å². The maximum atomic E-state index is 11.5. The molecule has 0 amide bonds. The summed E-state index contributed by atoms with van der Waals surface area (Å²) in [7, 11) is 0. The molecule has 3 heterocycles. The molecule has 0 saturated heterocycles. The lowest BCUT2D eigenvalue weighted by Crippen LogP contribution is -2.15. The van der Waals surface area contributed by atoms with Crippen molar-refractivity contribution in [2.45, 2.75) is 26.8 Å². The molecule has 0 aliphatic carbocycles. The molecule has 20 heavy (non-hydrogen) atoms. The van der Waals surface area contributed by atoms with E-state index in [9.17, 15) is 4.79 Å². The Morgan fingerprint density at radius 1 is 1.45 bits per heavy atom. The smallest absolute Gasteiger partial charge is 0.349 e. The van der Waals surface area contributed by atoms with Crippen LogP contribution in [0.4, 0.5) is 5.82 Å². The summed E-state index contributed by atoms with van der Waals surface area (Å²) in [6, 6.07) is 1.79. The SMILES string of the molecule is Cc1cnc(C(C)Nc2cc3n[nH]c(=O)n3c(C)n2)s1. The topological polar surface area (TPSA) is 88.0 Å². The van der Waals surface area contributed by atoms with E-state index in [1.807, 2.05) is 20.0 Å². The Kier molecular flexibility index (Phi) is 3.01. The zero-order chi connectivity index (χ0) is 14.3. The summed E-state index contributed by atoms with van der Waals surface area (Å²) >= 11 is 1.65. The second kappa shape index (κ2) is 4.71. The Balaban J connectivity index is 1.93. The van der Waals surface area contributed by atoms with E-state index < -0.39 is 0 Å². The van der Waals surface area contributed by atoms with E-state index in [1.54, 1.807) is 24.3 Å². The Morgan fingerprint density at radius 3 is 2.95 bits per heavy atom. The predicted molar refractivity (Wildman–Crippen MR) is 77.2 cm³/mol. The molecule has 0 saturated carbocycles. The molecule has 0 aromatic carbocycles. The van der Waals surface area contributed by atoms with Gasteiger partial charge in [0.25, 0.3) is 0 Å². The lowest BCUT2D eigenvalue weighted by molar-refractivity contribution is 0.849. The monoisotopic (exact) mass is 290 g/mol. The summed E-state index contributed by atoms with van der Waals surface area (Å²) in [4.78, 5) is 21.4. The van der Waals surface area contributed by atoms with Crippen LogP contribution in [0.5, 0.6) is 0 Å². The highest BCUT2D eigenvalue weighted by Crippen LogP contribution is 2.22. The molecular formula is C12H14N6OS. The van der Waals surface area contributed by atoms with Crippen LogP contribution in [0.1, 0.15) is 28.7 Å². The quantitative estimate of drug-likeness (QED) is 0.766. The molecule has 3 aromatic heterocycles. The van der Waals surface area contributed by atoms with E-state index in [0.717, 1.165) is 5.01 Å². The summed E-state index contributed by atoms with van der Waals surface area (Å²) < 4.78 is 1.43. The first-order valence-electron chi connectivity index (χ1n) is 6.18. The summed E-state index contributed by atoms with van der Waals surface area (Å²) in [5.41, 5.74) is 0.271. The molecular weight excluding hydrogens is 276 g/mol. The number of aromatic amines is 1. The van der Waals surface area contributed by atoms with Gasteiger partial charge in [0.05, 0.1) is 6.04 Å². The average Bonchev–Trinajstić information content (AvgIpc) is 2.96. The molecule has 0 bridgehead atoms. The second-order valence-electron chi connectivity index (χ2n) is 4.59. The van der Waals surface area contributed by atoms with Crippen molar-refractivity contribution >= 4 is 22.8 Å². The number of H-pyrrole nitrogens is 1. The number of hydrogen-bond donors (Lipinski definition) is 2. The lowest BCUT2D eigenvalue weighted by Gasteiger charge is -2.12. The van der Waals surface area contributed by atoms with Gasteiger partial charge in [-0.1, -0.05) is 0 Å². The first-order valence-corrected chi connectivity index (χ1v) is 7.00. The van der Waals surface area contributed by atoms with E-state index in [1.165, 1.54) is 9.28 Å². The van der Waals surface area contributed by atoms with Gasteiger partial charge in [0.1, 0.15) is 16.6 Å². The van der Waals surface area contributed by atoms with E-state index in [-0.39, 0.29) is 11.7 Å². The molecule has 2 N–H and O–H groups in total. The Morgan fingerprint density at radius 2 is 2.25 bits per heavy atom. The molecule has 104 valence electrons. The van der Waals surface area contributed by atoms with Crippen molar-refractivity contribution < 1.29 is 0 Å². The highest BCUT2D eigenvalue weighted by Gasteiger charge is 2.12. The molecule has 0 spiro atoms. The molecule has 0 radical (unpaired) electrons. The van der Waals surface area contributed by atoms with Crippen LogP contribution in [0.25, 0.3) is 5.65 Å². The van der Waals surface area contributed by atoms with Gasteiger partial charge in [-0.15, -0.1) is 11.3 Å². The summed E-state index contributed by atoms with van der Waals surface area (Å²) in [5.74, 6) is 1.26. The fourth-order valence-electron chi connectivity index (χ4n) is 2.03. The van der Waals surface area contributed by atoms with Crippen LogP contribution in [0.2, 0.25) is 0 Å². The number of anilines is 1. The van der Waals surface area contributed by atoms with Crippen LogP contribution >= 0.6 is 11.3 Å². The fourth-order valence-corrected chi connectivity index (χ4v) is 2.80. The summed E-state index contributed by atoms with van der Waals surface area (Å²) in [6.07, 6.45) is 1.85. The number of aryl methyl sites for hydroxylation is 2. The number of nitrogens with one attached hydrogen (secondary N) is 2. The van der Waals surface area contributed by atoms with Crippen molar-refractivity contribution in [3.05, 3.63) is 38.5 Å². The van der Waals surface area contributed by atoms with E-state index in [4.69, 9.17) is 0 Å². The minimum atomic E-state index is -0.278. The number of aromatic nitrogens is 5. The van der Waals surface area contributed by atoms with E-state index in [2.05, 4.69) is 25.5 Å². The number of hydrogen-bond acceptors (Lipinski definition) is 6. The minimum absolute atomic E-state index is 0.0497. The number of nitrogens with zero attached hydrogens (tertiary/aromatic N) is 4. The number of rotatable bonds is 3. The van der Waals surface area contributed by atoms with Crippen molar-refractivity contribution in [1.82, 2.24) is 24.6 Å². The van der Waals surface area contributed by atoms with Gasteiger partial charge < -0.3 is 5.32 Å². The zero-order valence-electron chi connectivity index (χ0n) is 11.3. The number of fused-ring (bicyclic) bond motifs is 1. The summed E-state index contributed by atoms with van der Waals surface area (Å²) in [5, 5.41) is 10.7. The van der Waals surface area contributed by atoms with Gasteiger partial charge in [-0.05, 0) is 20.8 Å². The van der Waals surface area contributed by atoms with Crippen LogP contribution in [0.15, 0.2) is 17.1 Å². The zero-order valence-corrected chi connectivity index (χ0v) is 12.2. The van der Waals surface area contributed by atoms with Gasteiger partial charge in [0.15, 0.2) is 5.65 Å². The molecule has 0 aliphatic heterocycles. The molecule has 3 aromatic rings. The van der Waals surface area contributed by atoms with Gasteiger partial charge in [-0.25, -0.2) is 24.3 Å². The van der Waals surface area contributed by atoms with Gasteiger partial charge >= 0.3 is 5.69 Å². The van der Waals surface area contributed by atoms with Crippen LogP contribution in [-0.2, 0) is 0 Å². The average molecular weight is 290 g/mol.